The van der Waals surface area contributed by atoms with Gasteiger partial charge in [-0.1, -0.05) is 117 Å². The highest BCUT2D eigenvalue weighted by Crippen LogP contribution is 2.34. The Bertz CT molecular complexity index is 8790. The molecule has 10 heterocycles. The minimum Gasteiger partial charge on any atom is -0.422 e. The minimum atomic E-state index is -0.347. The number of likely N-dealkylation sites (N-methyl/N-ethyl adjacent to an activating group) is 1. The van der Waals surface area contributed by atoms with E-state index in [1.165, 1.54) is 35.3 Å². The van der Waals surface area contributed by atoms with Crippen molar-refractivity contribution in [2.75, 3.05) is 124 Å². The summed E-state index contributed by atoms with van der Waals surface area (Å²) < 4.78 is 46.2. The molecule has 0 aliphatic rings. The number of aromatic nitrogens is 5. The molecule has 10 aromatic carbocycles. The summed E-state index contributed by atoms with van der Waals surface area (Å²) in [4.78, 5) is 74.2. The molecule has 10 aromatic heterocycles. The second-order valence-electron chi connectivity index (χ2n) is 36.8. The molecule has 0 amide bonds. The van der Waals surface area contributed by atoms with E-state index in [-0.39, 0.29) is 28.1 Å². The van der Waals surface area contributed by atoms with E-state index in [0.29, 0.717) is 68.8 Å². The molecule has 22 nitrogen and oxygen atoms in total. The summed E-state index contributed by atoms with van der Waals surface area (Å²) in [5.41, 5.74) is 21.2. The molecule has 2 N–H and O–H groups in total. The summed E-state index contributed by atoms with van der Waals surface area (Å²) >= 11 is 8.50. The lowest BCUT2D eigenvalue weighted by atomic mass is 10.1. The molecule has 766 valence electrons. The number of terminal acetylenes is 1. The number of hydrogen-bond acceptors (Lipinski definition) is 21. The fourth-order valence-electron chi connectivity index (χ4n) is 18.4. The lowest BCUT2D eigenvalue weighted by molar-refractivity contribution is -0.890. The molecule has 150 heavy (non-hydrogen) atoms. The van der Waals surface area contributed by atoms with Crippen molar-refractivity contribution in [3.05, 3.63) is 348 Å². The van der Waals surface area contributed by atoms with E-state index in [1.54, 1.807) is 62.8 Å². The van der Waals surface area contributed by atoms with Crippen LogP contribution < -0.4 is 81.2 Å². The van der Waals surface area contributed by atoms with E-state index < -0.39 is 0 Å². The monoisotopic (exact) mass is 2090 g/mol. The van der Waals surface area contributed by atoms with Gasteiger partial charge in [0.25, 0.3) is 25.0 Å². The first-order chi connectivity index (χ1) is 72.8. The van der Waals surface area contributed by atoms with Crippen LogP contribution in [0.15, 0.2) is 289 Å². The molecular formula is C123H130N12O10S5+6. The standard InChI is InChI=1S/C27H33N3O2S.C25H23N2O2S.C24H26N3O2S.C24H25N2O2S.C23H23N2O2S/c1-6-28(7-2)22-14-12-20-18-21(27(31)32-24(20)19-22)13-15-26-29(16-17-30(3,4)5)23-10-8-9-11-25(23)33-26;1-4-15-27-21-9-7-8-10-23(21)30-24(27)14-12-19-16-18-11-13-20(26(5-2)6-3)17-22(18)29-25(19)28;1-3-26(4-2)19-11-9-17-15-18(24(28)29-21(17)16-19)10-12-23-27(14-13-25)20-7-5-6-8-22(20)30-23;1-4-25(5-2)19-13-11-17-15-18(24(27)28-21(17)16-19)12-14-23-26(6-3)20-9-7-8-10-22(20)29-23;1-4-25(5-2)18-12-10-16-14-17(23(26)27-20(16)15-18)11-13-22-24(3)19-8-6-7-9-21(19)28-22/h8-15,18-19H,6-7,16-17H2,1-5H3;1,7-14,16-17H,5-6,15H2,2-3H3;5-12,15-16H,3-4,13-14,25H2,1-2H3;7-16H,4-6H2,1-3H3;6-15H,4-5H2,1-3H3/q+2;4*+1. The second-order valence-corrected chi connectivity index (χ2v) is 42.1. The quantitative estimate of drug-likeness (QED) is 0.0180. The zero-order chi connectivity index (χ0) is 106. The van der Waals surface area contributed by atoms with E-state index in [1.807, 2.05) is 189 Å². The zero-order valence-corrected chi connectivity index (χ0v) is 92.0. The lowest BCUT2D eigenvalue weighted by Crippen LogP contribution is -2.46. The molecule has 0 radical (unpaired) electrons. The van der Waals surface area contributed by atoms with Crippen LogP contribution in [0.4, 0.5) is 28.4 Å². The van der Waals surface area contributed by atoms with Gasteiger partial charge in [0, 0.05) is 212 Å². The number of nitrogens with zero attached hydrogens (tertiary/aromatic N) is 11. The van der Waals surface area contributed by atoms with Crippen molar-refractivity contribution in [2.45, 2.75) is 102 Å². The van der Waals surface area contributed by atoms with Crippen LogP contribution in [-0.4, -0.2) is 104 Å². The zero-order valence-electron chi connectivity index (χ0n) is 87.9. The first-order valence-electron chi connectivity index (χ1n) is 51.3. The van der Waals surface area contributed by atoms with E-state index in [4.69, 9.17) is 34.2 Å². The molecular weight excluding hydrogens is 1970 g/mol. The molecule has 0 fully saturated rings. The normalized spacial score (nSPS) is 11.8. The summed E-state index contributed by atoms with van der Waals surface area (Å²) in [5.74, 6) is 2.71. The maximum atomic E-state index is 12.8. The first kappa shape index (κ1) is 108. The number of para-hydroxylation sites is 5. The highest BCUT2D eigenvalue weighted by Gasteiger charge is 2.26. The molecule has 0 unspecified atom stereocenters. The summed E-state index contributed by atoms with van der Waals surface area (Å²) in [6, 6.07) is 81.2. The van der Waals surface area contributed by atoms with Crippen molar-refractivity contribution >= 4 is 252 Å². The summed E-state index contributed by atoms with van der Waals surface area (Å²) in [6.07, 6.45) is 24.7. The van der Waals surface area contributed by atoms with Crippen molar-refractivity contribution in [1.29, 1.82) is 0 Å². The summed E-state index contributed by atoms with van der Waals surface area (Å²) in [5, 5.41) is 9.97. The van der Waals surface area contributed by atoms with Crippen LogP contribution in [0.25, 0.3) is 167 Å². The number of hydrogen-bond donors (Lipinski definition) is 1. The Balaban J connectivity index is 0.000000134. The van der Waals surface area contributed by atoms with Gasteiger partial charge in [-0.3, -0.25) is 0 Å². The van der Waals surface area contributed by atoms with Gasteiger partial charge in [0.15, 0.2) is 13.1 Å². The maximum absolute atomic E-state index is 12.8. The minimum absolute atomic E-state index is 0.311. The van der Waals surface area contributed by atoms with Gasteiger partial charge in [0.2, 0.25) is 34.1 Å². The Labute approximate surface area is 893 Å². The van der Waals surface area contributed by atoms with E-state index in [9.17, 15) is 24.0 Å². The van der Waals surface area contributed by atoms with Gasteiger partial charge in [-0.2, -0.15) is 22.8 Å². The topological polar surface area (TPSA) is 213 Å². The van der Waals surface area contributed by atoms with E-state index in [2.05, 4.69) is 266 Å². The van der Waals surface area contributed by atoms with Crippen molar-refractivity contribution < 1.29 is 49.4 Å². The predicted octanol–water partition coefficient (Wildman–Crippen LogP) is 24.4. The fraction of sp³-hybridized carbons (Fsp3) is 0.252. The van der Waals surface area contributed by atoms with Gasteiger partial charge in [0.1, 0.15) is 71.6 Å². The molecule has 0 atom stereocenters. The van der Waals surface area contributed by atoms with Crippen LogP contribution in [0.2, 0.25) is 0 Å². The Morgan fingerprint density at radius 3 is 0.793 bits per heavy atom. The van der Waals surface area contributed by atoms with Gasteiger partial charge in [-0.25, -0.2) is 24.0 Å². The van der Waals surface area contributed by atoms with Gasteiger partial charge in [0.05, 0.1) is 55.5 Å². The number of nitrogens with two attached hydrogens (primary N) is 1. The molecule has 0 spiro atoms. The van der Waals surface area contributed by atoms with Crippen molar-refractivity contribution in [3.8, 4) is 12.3 Å². The number of benzene rings is 10. The third-order valence-electron chi connectivity index (χ3n) is 26.6. The largest absolute Gasteiger partial charge is 0.422 e. The fourth-order valence-corrected chi connectivity index (χ4v) is 23.9. The van der Waals surface area contributed by atoms with E-state index in [0.717, 1.165) is 192 Å². The smallest absolute Gasteiger partial charge is 0.343 e. The van der Waals surface area contributed by atoms with E-state index >= 15 is 0 Å². The molecule has 0 aliphatic heterocycles. The molecule has 0 aliphatic carbocycles. The first-order valence-corrected chi connectivity index (χ1v) is 55.4. The molecule has 20 aromatic rings. The summed E-state index contributed by atoms with van der Waals surface area (Å²) in [7, 11) is 8.65. The molecule has 27 heteroatoms. The number of thiazole rings is 5. The summed E-state index contributed by atoms with van der Waals surface area (Å²) in [6.45, 7) is 37.0. The number of quaternary nitrogens is 1. The van der Waals surface area contributed by atoms with Gasteiger partial charge < -0.3 is 56.8 Å². The van der Waals surface area contributed by atoms with Crippen molar-refractivity contribution in [1.82, 2.24) is 0 Å². The number of anilines is 5. The van der Waals surface area contributed by atoms with Gasteiger partial charge in [-0.05, 0) is 234 Å². The van der Waals surface area contributed by atoms with Crippen LogP contribution >= 0.6 is 56.7 Å². The van der Waals surface area contributed by atoms with Crippen molar-refractivity contribution in [2.24, 2.45) is 12.8 Å². The molecule has 0 bridgehead atoms. The molecule has 0 saturated heterocycles. The average molecular weight is 2100 g/mol. The molecule has 0 saturated carbocycles. The Morgan fingerprint density at radius 2 is 0.533 bits per heavy atom. The lowest BCUT2D eigenvalue weighted by Gasteiger charge is -2.21. The third-order valence-corrected chi connectivity index (χ3v) is 32.3. The highest BCUT2D eigenvalue weighted by atomic mass is 32.1. The van der Waals surface area contributed by atoms with Gasteiger partial charge >= 0.3 is 28.1 Å². The number of fused-ring (bicyclic) bond motifs is 10. The Hall–Kier alpha value is -15.1. The van der Waals surface area contributed by atoms with Crippen molar-refractivity contribution in [3.63, 3.8) is 0 Å². The predicted molar refractivity (Wildman–Crippen MR) is 632 cm³/mol. The molecule has 20 rings (SSSR count). The van der Waals surface area contributed by atoms with Gasteiger partial charge in [-0.15, -0.1) is 6.42 Å². The van der Waals surface area contributed by atoms with Crippen LogP contribution in [0.3, 0.4) is 0 Å². The highest BCUT2D eigenvalue weighted by molar-refractivity contribution is 7.20. The number of aryl methyl sites for hydroxylation is 2. The van der Waals surface area contributed by atoms with Crippen LogP contribution in [-0.2, 0) is 33.2 Å². The Morgan fingerprint density at radius 1 is 0.300 bits per heavy atom. The SMILES string of the molecule is C#CC[n+]1c(/C=C/c2cc3ccc(N(CC)CC)cc3oc2=O)sc2ccccc21.CCN(CC)c1ccc2cc(/C=C/c3sc4ccccc4[n+]3C)c(=O)oc2c1.CCN(CC)c1ccc2cc(/C=C/c3sc4ccccc4[n+]3CC)c(=O)oc2c1.CCN(CC)c1ccc2cc(/C=C/c3sc4ccccc4[n+]3CCN)c(=O)oc2c1.CCN(CC)c1ccc2cc(/C=C/c3sc4ccccc4[n+]3CC[N+](C)(C)C)c(=O)oc2c1. The number of rotatable bonds is 32. The maximum Gasteiger partial charge on any atom is 0.343 e. The average Bonchev–Trinajstić information content (AvgIpc) is 1.69. The third kappa shape index (κ3) is 25.0. The Kier molecular flexibility index (Phi) is 35.7. The van der Waals surface area contributed by atoms with Crippen LogP contribution in [0.5, 0.6) is 0 Å². The van der Waals surface area contributed by atoms with Crippen LogP contribution in [0, 0.1) is 12.3 Å². The van der Waals surface area contributed by atoms with Crippen LogP contribution in [0.1, 0.15) is 129 Å². The second kappa shape index (κ2) is 49.8.